The van der Waals surface area contributed by atoms with Gasteiger partial charge in [-0.2, -0.15) is 0 Å². The lowest BCUT2D eigenvalue weighted by molar-refractivity contribution is 0.0693. The number of anilines is 1. The van der Waals surface area contributed by atoms with Crippen LogP contribution in [-0.4, -0.2) is 46.9 Å². The number of aliphatic hydroxyl groups excluding tert-OH is 1. The summed E-state index contributed by atoms with van der Waals surface area (Å²) in [6, 6.07) is 2.55. The maximum absolute atomic E-state index is 14.5. The van der Waals surface area contributed by atoms with E-state index in [1.165, 1.54) is 17.6 Å². The second kappa shape index (κ2) is 6.21. The number of halogens is 1. The zero-order chi connectivity index (χ0) is 17.4. The fourth-order valence-corrected chi connectivity index (χ4v) is 2.97. The van der Waals surface area contributed by atoms with Crippen LogP contribution in [-0.2, 0) is 0 Å². The largest absolute Gasteiger partial charge is 0.477 e. The third-order valence-corrected chi connectivity index (χ3v) is 4.19. The molecule has 24 heavy (non-hydrogen) atoms. The maximum Gasteiger partial charge on any atom is 0.341 e. The van der Waals surface area contributed by atoms with Crippen molar-refractivity contribution in [3.63, 3.8) is 0 Å². The summed E-state index contributed by atoms with van der Waals surface area (Å²) in [6.45, 7) is 4.13. The van der Waals surface area contributed by atoms with E-state index in [0.717, 1.165) is 25.4 Å². The van der Waals surface area contributed by atoms with Crippen molar-refractivity contribution >= 4 is 22.6 Å². The molecule has 1 fully saturated rings. The Balaban J connectivity index is 2.28. The number of nitrogens with one attached hydrogen (secondary N) is 1. The van der Waals surface area contributed by atoms with E-state index < -0.39 is 29.0 Å². The van der Waals surface area contributed by atoms with Gasteiger partial charge < -0.3 is 25.0 Å². The molecule has 8 heteroatoms. The zero-order valence-corrected chi connectivity index (χ0v) is 13.1. The van der Waals surface area contributed by atoms with Gasteiger partial charge in [0.15, 0.2) is 0 Å². The van der Waals surface area contributed by atoms with Gasteiger partial charge in [0.25, 0.3) is 0 Å². The molecule has 0 aliphatic carbocycles. The second-order valence-electron chi connectivity index (χ2n) is 5.77. The predicted molar refractivity (Wildman–Crippen MR) is 87.1 cm³/mol. The number of benzene rings is 1. The summed E-state index contributed by atoms with van der Waals surface area (Å²) in [4.78, 5) is 25.4. The highest BCUT2D eigenvalue weighted by Gasteiger charge is 2.21. The van der Waals surface area contributed by atoms with E-state index in [1.54, 1.807) is 0 Å². The van der Waals surface area contributed by atoms with E-state index in [0.29, 0.717) is 24.3 Å². The Labute approximate surface area is 136 Å². The number of aromatic nitrogens is 1. The van der Waals surface area contributed by atoms with Gasteiger partial charge >= 0.3 is 5.97 Å². The van der Waals surface area contributed by atoms with Crippen LogP contribution >= 0.6 is 0 Å². The third-order valence-electron chi connectivity index (χ3n) is 4.19. The first-order chi connectivity index (χ1) is 11.4. The van der Waals surface area contributed by atoms with Crippen molar-refractivity contribution in [2.45, 2.75) is 13.2 Å². The van der Waals surface area contributed by atoms with Gasteiger partial charge in [-0.15, -0.1) is 0 Å². The Morgan fingerprint density at radius 1 is 1.33 bits per heavy atom. The minimum Gasteiger partial charge on any atom is -0.477 e. The first-order valence-electron chi connectivity index (χ1n) is 7.65. The molecule has 0 spiro atoms. The molecule has 1 unspecified atom stereocenters. The van der Waals surface area contributed by atoms with Crippen LogP contribution in [0.2, 0.25) is 0 Å². The summed E-state index contributed by atoms with van der Waals surface area (Å²) in [5.41, 5.74) is -0.631. The van der Waals surface area contributed by atoms with Crippen molar-refractivity contribution in [3.8, 4) is 0 Å². The van der Waals surface area contributed by atoms with Crippen LogP contribution in [0.15, 0.2) is 23.1 Å². The first-order valence-corrected chi connectivity index (χ1v) is 7.65. The first kappa shape index (κ1) is 16.4. The molecule has 1 atom stereocenters. The number of aromatic carboxylic acids is 1. The zero-order valence-electron chi connectivity index (χ0n) is 13.1. The van der Waals surface area contributed by atoms with Gasteiger partial charge in [0.2, 0.25) is 5.43 Å². The summed E-state index contributed by atoms with van der Waals surface area (Å²) in [7, 11) is 0. The second-order valence-corrected chi connectivity index (χ2v) is 5.77. The summed E-state index contributed by atoms with van der Waals surface area (Å²) in [5, 5.41) is 22.2. The number of nitrogens with zero attached hydrogens (tertiary/aromatic N) is 2. The Morgan fingerprint density at radius 2 is 2.00 bits per heavy atom. The SMILES string of the molecule is CC(O)n1cc(C(=O)O)c(=O)c2cc(F)c(N3CCNCC3)cc21. The topological polar surface area (TPSA) is 94.8 Å². The van der Waals surface area contributed by atoms with Crippen molar-refractivity contribution in [2.75, 3.05) is 31.1 Å². The normalized spacial score (nSPS) is 16.4. The minimum absolute atomic E-state index is 0.0628. The van der Waals surface area contributed by atoms with E-state index in [9.17, 15) is 19.1 Å². The van der Waals surface area contributed by atoms with E-state index in [-0.39, 0.29) is 5.39 Å². The van der Waals surface area contributed by atoms with Crippen LogP contribution < -0.4 is 15.6 Å². The third kappa shape index (κ3) is 2.74. The molecule has 128 valence electrons. The molecule has 1 saturated heterocycles. The number of carboxylic acids is 1. The highest BCUT2D eigenvalue weighted by atomic mass is 19.1. The number of piperazine rings is 1. The van der Waals surface area contributed by atoms with Crippen LogP contribution in [0.1, 0.15) is 23.5 Å². The molecule has 3 rings (SSSR count). The number of fused-ring (bicyclic) bond motifs is 1. The average Bonchev–Trinajstić information content (AvgIpc) is 2.55. The van der Waals surface area contributed by atoms with Crippen molar-refractivity contribution < 1.29 is 19.4 Å². The van der Waals surface area contributed by atoms with Crippen LogP contribution in [0, 0.1) is 5.82 Å². The van der Waals surface area contributed by atoms with Gasteiger partial charge in [-0.3, -0.25) is 4.79 Å². The molecule has 1 aliphatic heterocycles. The van der Waals surface area contributed by atoms with Gasteiger partial charge in [-0.05, 0) is 19.1 Å². The van der Waals surface area contributed by atoms with Crippen LogP contribution in [0.25, 0.3) is 10.9 Å². The van der Waals surface area contributed by atoms with Crippen molar-refractivity contribution in [1.82, 2.24) is 9.88 Å². The number of hydrogen-bond donors (Lipinski definition) is 3. The van der Waals surface area contributed by atoms with Gasteiger partial charge in [-0.1, -0.05) is 0 Å². The smallest absolute Gasteiger partial charge is 0.341 e. The van der Waals surface area contributed by atoms with E-state index in [4.69, 9.17) is 5.11 Å². The lowest BCUT2D eigenvalue weighted by Crippen LogP contribution is -2.43. The number of rotatable bonds is 3. The minimum atomic E-state index is -1.41. The monoisotopic (exact) mass is 335 g/mol. The molecular weight excluding hydrogens is 317 g/mol. The van der Waals surface area contributed by atoms with Gasteiger partial charge in [-0.25, -0.2) is 9.18 Å². The molecule has 0 saturated carbocycles. The number of carboxylic acid groups (broad SMARTS) is 1. The fraction of sp³-hybridized carbons (Fsp3) is 0.375. The molecule has 0 radical (unpaired) electrons. The summed E-state index contributed by atoms with van der Waals surface area (Å²) >= 11 is 0. The van der Waals surface area contributed by atoms with E-state index in [2.05, 4.69) is 5.32 Å². The molecule has 3 N–H and O–H groups in total. The number of hydrogen-bond acceptors (Lipinski definition) is 5. The molecule has 1 aliphatic rings. The van der Waals surface area contributed by atoms with Gasteiger partial charge in [0.1, 0.15) is 17.6 Å². The Kier molecular flexibility index (Phi) is 4.25. The average molecular weight is 335 g/mol. The molecule has 2 heterocycles. The van der Waals surface area contributed by atoms with Gasteiger partial charge in [0.05, 0.1) is 11.2 Å². The number of aliphatic hydroxyl groups is 1. The summed E-state index contributed by atoms with van der Waals surface area (Å²) < 4.78 is 15.8. The fourth-order valence-electron chi connectivity index (χ4n) is 2.97. The van der Waals surface area contributed by atoms with Crippen molar-refractivity contribution in [2.24, 2.45) is 0 Å². The van der Waals surface area contributed by atoms with Crippen molar-refractivity contribution in [3.05, 3.63) is 39.9 Å². The molecule has 2 aromatic rings. The van der Waals surface area contributed by atoms with E-state index in [1.807, 2.05) is 4.90 Å². The van der Waals surface area contributed by atoms with Crippen molar-refractivity contribution in [1.29, 1.82) is 0 Å². The molecular formula is C16H18FN3O4. The van der Waals surface area contributed by atoms with E-state index >= 15 is 0 Å². The Hall–Kier alpha value is -2.45. The Morgan fingerprint density at radius 3 is 2.58 bits per heavy atom. The van der Waals surface area contributed by atoms with Crippen LogP contribution in [0.4, 0.5) is 10.1 Å². The number of carbonyl (C=O) groups is 1. The molecule has 1 aromatic heterocycles. The molecule has 0 bridgehead atoms. The standard InChI is InChI=1S/C16H18FN3O4/c1-9(21)20-8-11(16(23)24)15(22)10-6-12(17)14(7-13(10)20)19-4-2-18-3-5-19/h6-9,18,21H,2-5H2,1H3,(H,23,24). The highest BCUT2D eigenvalue weighted by molar-refractivity contribution is 5.93. The molecule has 0 amide bonds. The predicted octanol–water partition coefficient (Wildman–Crippen LogP) is 0.759. The van der Waals surface area contributed by atoms with Crippen LogP contribution in [0.3, 0.4) is 0 Å². The Bertz CT molecular complexity index is 857. The lowest BCUT2D eigenvalue weighted by Gasteiger charge is -2.30. The number of pyridine rings is 1. The summed E-state index contributed by atoms with van der Waals surface area (Å²) in [5.74, 6) is -2.00. The maximum atomic E-state index is 14.5. The highest BCUT2D eigenvalue weighted by Crippen LogP contribution is 2.26. The summed E-state index contributed by atoms with van der Waals surface area (Å²) in [6.07, 6.45) is 0.0319. The van der Waals surface area contributed by atoms with Gasteiger partial charge in [0, 0.05) is 37.8 Å². The quantitative estimate of drug-likeness (QED) is 0.767. The molecule has 7 nitrogen and oxygen atoms in total. The van der Waals surface area contributed by atoms with Crippen LogP contribution in [0.5, 0.6) is 0 Å². The molecule has 1 aromatic carbocycles. The lowest BCUT2D eigenvalue weighted by atomic mass is 10.1.